The Morgan fingerprint density at radius 3 is 2.86 bits per heavy atom. The Morgan fingerprint density at radius 2 is 2.29 bits per heavy atom. The van der Waals surface area contributed by atoms with Gasteiger partial charge in [-0.15, -0.1) is 0 Å². The van der Waals surface area contributed by atoms with Crippen LogP contribution in [0.25, 0.3) is 0 Å². The predicted molar refractivity (Wildman–Crippen MR) is 57.6 cm³/mol. The first-order valence-electron chi connectivity index (χ1n) is 4.44. The second-order valence-electron chi connectivity index (χ2n) is 3.22. The molecule has 1 aliphatic heterocycles. The van der Waals surface area contributed by atoms with Gasteiger partial charge < -0.3 is 10.5 Å². The Labute approximate surface area is 90.4 Å². The summed E-state index contributed by atoms with van der Waals surface area (Å²) in [6, 6.07) is 3.50. The zero-order valence-corrected chi connectivity index (χ0v) is 9.30. The van der Waals surface area contributed by atoms with Crippen molar-refractivity contribution < 1.29 is 9.53 Å². The van der Waals surface area contributed by atoms with Crippen LogP contribution >= 0.6 is 15.9 Å². The van der Waals surface area contributed by atoms with Crippen LogP contribution in [0.2, 0.25) is 0 Å². The summed E-state index contributed by atoms with van der Waals surface area (Å²) in [5.41, 5.74) is 6.82. The summed E-state index contributed by atoms with van der Waals surface area (Å²) in [5.74, 6) is 0.540. The van der Waals surface area contributed by atoms with Crippen molar-refractivity contribution in [3.05, 3.63) is 22.2 Å². The lowest BCUT2D eigenvalue weighted by Crippen LogP contribution is -2.18. The average molecular weight is 256 g/mol. The van der Waals surface area contributed by atoms with Crippen molar-refractivity contribution in [3.63, 3.8) is 0 Å². The molecule has 74 valence electrons. The average Bonchev–Trinajstić information content (AvgIpc) is 2.51. The van der Waals surface area contributed by atoms with Crippen LogP contribution in [0.1, 0.15) is 23.7 Å². The van der Waals surface area contributed by atoms with Gasteiger partial charge in [0.1, 0.15) is 0 Å². The molecule has 0 saturated carbocycles. The molecule has 0 aliphatic carbocycles. The molecule has 1 heterocycles. The summed E-state index contributed by atoms with van der Waals surface area (Å²) in [7, 11) is 0. The van der Waals surface area contributed by atoms with Crippen LogP contribution in [0, 0.1) is 0 Å². The first-order valence-corrected chi connectivity index (χ1v) is 5.23. The van der Waals surface area contributed by atoms with Gasteiger partial charge in [-0.2, -0.15) is 0 Å². The fourth-order valence-corrected chi connectivity index (χ4v) is 2.06. The van der Waals surface area contributed by atoms with Crippen molar-refractivity contribution >= 4 is 27.4 Å². The number of hydrogen-bond acceptors (Lipinski definition) is 3. The molecule has 3 nitrogen and oxygen atoms in total. The molecule has 0 spiro atoms. The summed E-state index contributed by atoms with van der Waals surface area (Å²) in [6.45, 7) is 1.92. The normalized spacial score (nSPS) is 19.3. The van der Waals surface area contributed by atoms with Gasteiger partial charge in [-0.05, 0) is 34.5 Å². The second kappa shape index (κ2) is 3.28. The summed E-state index contributed by atoms with van der Waals surface area (Å²) in [5, 5.41) is 0. The minimum atomic E-state index is -0.369. The summed E-state index contributed by atoms with van der Waals surface area (Å²) in [6.07, 6.45) is 0.297. The minimum Gasteiger partial charge on any atom is -0.479 e. The zero-order chi connectivity index (χ0) is 10.3. The van der Waals surface area contributed by atoms with Gasteiger partial charge in [0.2, 0.25) is 5.78 Å². The molecule has 2 rings (SSSR count). The van der Waals surface area contributed by atoms with Crippen molar-refractivity contribution in [2.24, 2.45) is 0 Å². The van der Waals surface area contributed by atoms with E-state index in [1.807, 2.05) is 6.92 Å². The van der Waals surface area contributed by atoms with Gasteiger partial charge in [0, 0.05) is 4.47 Å². The minimum absolute atomic E-state index is 0.0154. The van der Waals surface area contributed by atoms with Gasteiger partial charge in [-0.1, -0.05) is 6.92 Å². The number of ketones is 1. The van der Waals surface area contributed by atoms with E-state index in [0.717, 1.165) is 4.47 Å². The molecule has 0 bridgehead atoms. The molecular weight excluding hydrogens is 246 g/mol. The van der Waals surface area contributed by atoms with Crippen LogP contribution in [0.4, 0.5) is 5.69 Å². The van der Waals surface area contributed by atoms with Crippen LogP contribution in [0.5, 0.6) is 5.75 Å². The largest absolute Gasteiger partial charge is 0.479 e. The molecule has 1 aromatic rings. The fraction of sp³-hybridized carbons (Fsp3) is 0.300. The Balaban J connectivity index is 2.58. The van der Waals surface area contributed by atoms with Gasteiger partial charge in [-0.25, -0.2) is 0 Å². The van der Waals surface area contributed by atoms with Gasteiger partial charge >= 0.3 is 0 Å². The standard InChI is InChI=1S/C10H10BrNO2/c1-2-7-9(13)8-5(11)3-4-6(12)10(8)14-7/h3-4,7H,2,12H2,1H3. The third-order valence-corrected chi connectivity index (χ3v) is 2.97. The number of halogens is 1. The lowest BCUT2D eigenvalue weighted by Gasteiger charge is -2.06. The van der Waals surface area contributed by atoms with E-state index in [9.17, 15) is 4.79 Å². The summed E-state index contributed by atoms with van der Waals surface area (Å²) >= 11 is 3.32. The molecule has 0 amide bonds. The Hall–Kier alpha value is -1.03. The van der Waals surface area contributed by atoms with Crippen molar-refractivity contribution in [1.29, 1.82) is 0 Å². The second-order valence-corrected chi connectivity index (χ2v) is 4.07. The van der Waals surface area contributed by atoms with Crippen molar-refractivity contribution in [1.82, 2.24) is 0 Å². The molecular formula is C10H10BrNO2. The van der Waals surface area contributed by atoms with Crippen LogP contribution < -0.4 is 10.5 Å². The summed E-state index contributed by atoms with van der Waals surface area (Å²) in [4.78, 5) is 11.8. The van der Waals surface area contributed by atoms with Crippen molar-refractivity contribution in [3.8, 4) is 5.75 Å². The number of fused-ring (bicyclic) bond motifs is 1. The molecule has 14 heavy (non-hydrogen) atoms. The number of Topliss-reactive ketones (excluding diaryl/α,β-unsaturated/α-hetero) is 1. The molecule has 1 unspecified atom stereocenters. The Bertz CT molecular complexity index is 403. The number of carbonyl (C=O) groups excluding carboxylic acids is 1. The topological polar surface area (TPSA) is 52.3 Å². The van der Waals surface area contributed by atoms with Crippen LogP contribution in [-0.4, -0.2) is 11.9 Å². The Kier molecular flexibility index (Phi) is 2.23. The molecule has 1 atom stereocenters. The van der Waals surface area contributed by atoms with Gasteiger partial charge in [0.05, 0.1) is 11.3 Å². The molecule has 0 fully saturated rings. The highest BCUT2D eigenvalue weighted by Gasteiger charge is 2.34. The molecule has 1 aromatic carbocycles. The monoisotopic (exact) mass is 255 g/mol. The van der Waals surface area contributed by atoms with E-state index in [1.165, 1.54) is 0 Å². The predicted octanol–water partition coefficient (Wildman–Crippen LogP) is 2.39. The fourth-order valence-electron chi connectivity index (χ4n) is 1.56. The maximum absolute atomic E-state index is 11.8. The molecule has 1 aliphatic rings. The summed E-state index contributed by atoms with van der Waals surface area (Å²) < 4.78 is 6.23. The highest BCUT2D eigenvalue weighted by Crippen LogP contribution is 2.39. The SMILES string of the molecule is CCC1Oc2c(N)ccc(Br)c2C1=O. The zero-order valence-electron chi connectivity index (χ0n) is 7.71. The molecule has 0 aromatic heterocycles. The van der Waals surface area contributed by atoms with E-state index in [-0.39, 0.29) is 11.9 Å². The number of anilines is 1. The van der Waals surface area contributed by atoms with E-state index in [1.54, 1.807) is 12.1 Å². The third kappa shape index (κ3) is 1.21. The van der Waals surface area contributed by atoms with Crippen molar-refractivity contribution in [2.75, 3.05) is 5.73 Å². The first kappa shape index (κ1) is 9.52. The number of nitrogen functional groups attached to an aromatic ring is 1. The molecule has 4 heteroatoms. The molecule has 0 radical (unpaired) electrons. The maximum atomic E-state index is 11.8. The third-order valence-electron chi connectivity index (χ3n) is 2.31. The number of ether oxygens (including phenoxy) is 1. The molecule has 0 saturated heterocycles. The number of carbonyl (C=O) groups is 1. The quantitative estimate of drug-likeness (QED) is 0.785. The van der Waals surface area contributed by atoms with E-state index < -0.39 is 0 Å². The maximum Gasteiger partial charge on any atom is 0.208 e. The van der Waals surface area contributed by atoms with Crippen LogP contribution in [-0.2, 0) is 0 Å². The van der Waals surface area contributed by atoms with E-state index in [4.69, 9.17) is 10.5 Å². The van der Waals surface area contributed by atoms with E-state index in [0.29, 0.717) is 23.4 Å². The highest BCUT2D eigenvalue weighted by molar-refractivity contribution is 9.10. The highest BCUT2D eigenvalue weighted by atomic mass is 79.9. The number of benzene rings is 1. The lowest BCUT2D eigenvalue weighted by molar-refractivity contribution is 0.0853. The first-order chi connectivity index (χ1) is 6.65. The molecule has 2 N–H and O–H groups in total. The van der Waals surface area contributed by atoms with Crippen LogP contribution in [0.3, 0.4) is 0 Å². The smallest absolute Gasteiger partial charge is 0.208 e. The van der Waals surface area contributed by atoms with Gasteiger partial charge in [0.15, 0.2) is 11.9 Å². The lowest BCUT2D eigenvalue weighted by atomic mass is 10.1. The number of hydrogen-bond donors (Lipinski definition) is 1. The van der Waals surface area contributed by atoms with E-state index >= 15 is 0 Å². The van der Waals surface area contributed by atoms with Gasteiger partial charge in [-0.3, -0.25) is 4.79 Å². The number of rotatable bonds is 1. The number of nitrogens with two attached hydrogens (primary N) is 1. The van der Waals surface area contributed by atoms with E-state index in [2.05, 4.69) is 15.9 Å². The van der Waals surface area contributed by atoms with Crippen molar-refractivity contribution in [2.45, 2.75) is 19.4 Å². The van der Waals surface area contributed by atoms with Gasteiger partial charge in [0.25, 0.3) is 0 Å². The van der Waals surface area contributed by atoms with Crippen LogP contribution in [0.15, 0.2) is 16.6 Å². The Morgan fingerprint density at radius 1 is 1.57 bits per heavy atom.